The molecule has 0 N–H and O–H groups in total. The fourth-order valence-corrected chi connectivity index (χ4v) is 2.64. The molecular formula is C14H19N3O2. The van der Waals surface area contributed by atoms with Crippen molar-refractivity contribution in [1.29, 1.82) is 0 Å². The molecule has 2 aromatic heterocycles. The molecule has 2 aromatic rings. The summed E-state index contributed by atoms with van der Waals surface area (Å²) in [6, 6.07) is 4.33. The minimum Gasteiger partial charge on any atom is -0.385 e. The van der Waals surface area contributed by atoms with E-state index in [1.807, 2.05) is 18.3 Å². The molecule has 5 heteroatoms. The fraction of sp³-hybridized carbons (Fsp3) is 0.571. The maximum Gasteiger partial charge on any atom is 0.160 e. The van der Waals surface area contributed by atoms with Crippen LogP contribution in [-0.2, 0) is 15.9 Å². The van der Waals surface area contributed by atoms with Crippen LogP contribution in [0.4, 0.5) is 0 Å². The Bertz CT molecular complexity index is 547. The highest BCUT2D eigenvalue weighted by Gasteiger charge is 2.23. The van der Waals surface area contributed by atoms with Gasteiger partial charge in [-0.3, -0.25) is 0 Å². The van der Waals surface area contributed by atoms with Gasteiger partial charge in [-0.1, -0.05) is 0 Å². The van der Waals surface area contributed by atoms with E-state index >= 15 is 0 Å². The van der Waals surface area contributed by atoms with E-state index in [9.17, 15) is 0 Å². The van der Waals surface area contributed by atoms with E-state index in [0.29, 0.717) is 6.04 Å². The van der Waals surface area contributed by atoms with Crippen LogP contribution in [0.3, 0.4) is 0 Å². The molecule has 0 bridgehead atoms. The third-order valence-corrected chi connectivity index (χ3v) is 3.54. The van der Waals surface area contributed by atoms with Crippen molar-refractivity contribution >= 4 is 11.2 Å². The molecule has 0 spiro atoms. The molecule has 3 heterocycles. The van der Waals surface area contributed by atoms with Crippen LogP contribution < -0.4 is 0 Å². The van der Waals surface area contributed by atoms with Gasteiger partial charge >= 0.3 is 0 Å². The van der Waals surface area contributed by atoms with Crippen molar-refractivity contribution in [3.05, 3.63) is 24.2 Å². The van der Waals surface area contributed by atoms with Gasteiger partial charge in [-0.2, -0.15) is 0 Å². The van der Waals surface area contributed by atoms with E-state index < -0.39 is 0 Å². The molecule has 5 nitrogen and oxygen atoms in total. The number of rotatable bonds is 5. The molecule has 1 aliphatic heterocycles. The van der Waals surface area contributed by atoms with Crippen LogP contribution >= 0.6 is 0 Å². The summed E-state index contributed by atoms with van der Waals surface area (Å²) in [5, 5.41) is 0. The lowest BCUT2D eigenvalue weighted by molar-refractivity contribution is 0.185. The van der Waals surface area contributed by atoms with Crippen LogP contribution in [-0.4, -0.2) is 41.5 Å². The number of aromatic nitrogens is 3. The van der Waals surface area contributed by atoms with Gasteiger partial charge in [0, 0.05) is 32.9 Å². The summed E-state index contributed by atoms with van der Waals surface area (Å²) in [6.45, 7) is 2.35. The molecule has 0 saturated carbocycles. The number of aryl methyl sites for hydroxylation is 1. The maximum absolute atomic E-state index is 5.51. The Morgan fingerprint density at radius 1 is 1.53 bits per heavy atom. The molecule has 102 valence electrons. The molecule has 1 aliphatic rings. The lowest BCUT2D eigenvalue weighted by atomic mass is 10.2. The Kier molecular flexibility index (Phi) is 3.75. The summed E-state index contributed by atoms with van der Waals surface area (Å²) in [7, 11) is 1.73. The average Bonchev–Trinajstić information content (AvgIpc) is 3.04. The molecule has 0 radical (unpaired) electrons. The third-order valence-electron chi connectivity index (χ3n) is 3.54. The van der Waals surface area contributed by atoms with Crippen LogP contribution in [0.5, 0.6) is 0 Å². The predicted molar refractivity (Wildman–Crippen MR) is 72.2 cm³/mol. The molecule has 1 atom stereocenters. The number of methoxy groups -OCH3 is 1. The zero-order valence-electron chi connectivity index (χ0n) is 11.2. The Balaban J connectivity index is 1.96. The zero-order chi connectivity index (χ0) is 13.1. The lowest BCUT2D eigenvalue weighted by Gasteiger charge is -2.14. The molecule has 3 rings (SSSR count). The van der Waals surface area contributed by atoms with Crippen molar-refractivity contribution in [3.8, 4) is 0 Å². The minimum absolute atomic E-state index is 0.373. The second kappa shape index (κ2) is 5.67. The van der Waals surface area contributed by atoms with Crippen LogP contribution in [0.25, 0.3) is 11.2 Å². The smallest absolute Gasteiger partial charge is 0.160 e. The largest absolute Gasteiger partial charge is 0.385 e. The molecule has 0 aliphatic carbocycles. The van der Waals surface area contributed by atoms with Crippen molar-refractivity contribution in [2.45, 2.75) is 25.3 Å². The van der Waals surface area contributed by atoms with E-state index in [1.54, 1.807) is 7.11 Å². The number of hydrogen-bond donors (Lipinski definition) is 0. The monoisotopic (exact) mass is 261 g/mol. The first-order valence-electron chi connectivity index (χ1n) is 6.78. The second-order valence-corrected chi connectivity index (χ2v) is 4.86. The van der Waals surface area contributed by atoms with Crippen LogP contribution in [0.1, 0.15) is 24.7 Å². The quantitative estimate of drug-likeness (QED) is 0.772. The van der Waals surface area contributed by atoms with Gasteiger partial charge in [-0.05, 0) is 25.0 Å². The highest BCUT2D eigenvalue weighted by atomic mass is 16.5. The summed E-state index contributed by atoms with van der Waals surface area (Å²) in [5.41, 5.74) is 1.95. The van der Waals surface area contributed by atoms with E-state index in [2.05, 4.69) is 9.55 Å². The Morgan fingerprint density at radius 2 is 2.47 bits per heavy atom. The van der Waals surface area contributed by atoms with Crippen molar-refractivity contribution in [2.75, 3.05) is 26.9 Å². The van der Waals surface area contributed by atoms with Gasteiger partial charge in [0.15, 0.2) is 5.65 Å². The second-order valence-electron chi connectivity index (χ2n) is 4.86. The number of pyridine rings is 1. The van der Waals surface area contributed by atoms with Gasteiger partial charge in [-0.25, -0.2) is 9.97 Å². The van der Waals surface area contributed by atoms with E-state index in [0.717, 1.165) is 56.1 Å². The van der Waals surface area contributed by atoms with Gasteiger partial charge in [0.25, 0.3) is 0 Å². The Hall–Kier alpha value is -1.46. The average molecular weight is 261 g/mol. The molecule has 0 aromatic carbocycles. The van der Waals surface area contributed by atoms with Gasteiger partial charge < -0.3 is 14.0 Å². The number of fused-ring (bicyclic) bond motifs is 1. The van der Waals surface area contributed by atoms with Crippen LogP contribution in [0.2, 0.25) is 0 Å². The molecule has 1 saturated heterocycles. The normalized spacial score (nSPS) is 19.3. The summed E-state index contributed by atoms with van der Waals surface area (Å²) >= 11 is 0. The summed E-state index contributed by atoms with van der Waals surface area (Å²) < 4.78 is 12.9. The molecule has 1 fully saturated rings. The SMILES string of the molecule is COCCCc1nc2cccnc2n1C1CCOC1. The topological polar surface area (TPSA) is 49.2 Å². The molecular weight excluding hydrogens is 242 g/mol. The van der Waals surface area contributed by atoms with Gasteiger partial charge in [0.2, 0.25) is 0 Å². The zero-order valence-corrected chi connectivity index (χ0v) is 11.2. The fourth-order valence-electron chi connectivity index (χ4n) is 2.64. The highest BCUT2D eigenvalue weighted by Crippen LogP contribution is 2.26. The first kappa shape index (κ1) is 12.6. The number of hydrogen-bond acceptors (Lipinski definition) is 4. The predicted octanol–water partition coefficient (Wildman–Crippen LogP) is 1.97. The van der Waals surface area contributed by atoms with Gasteiger partial charge in [0.05, 0.1) is 12.6 Å². The third kappa shape index (κ3) is 2.48. The summed E-state index contributed by atoms with van der Waals surface area (Å²) in [4.78, 5) is 9.21. The van der Waals surface area contributed by atoms with Crippen molar-refractivity contribution in [1.82, 2.24) is 14.5 Å². The number of imidazole rings is 1. The number of ether oxygens (including phenoxy) is 2. The first-order chi connectivity index (χ1) is 9.40. The van der Waals surface area contributed by atoms with E-state index in [4.69, 9.17) is 14.5 Å². The summed E-state index contributed by atoms with van der Waals surface area (Å²) in [6.07, 6.45) is 4.77. The first-order valence-corrected chi connectivity index (χ1v) is 6.78. The van der Waals surface area contributed by atoms with Crippen LogP contribution in [0.15, 0.2) is 18.3 Å². The lowest BCUT2D eigenvalue weighted by Crippen LogP contribution is -2.13. The van der Waals surface area contributed by atoms with Gasteiger partial charge in [-0.15, -0.1) is 0 Å². The molecule has 0 amide bonds. The van der Waals surface area contributed by atoms with Crippen molar-refractivity contribution in [2.24, 2.45) is 0 Å². The molecule has 1 unspecified atom stereocenters. The van der Waals surface area contributed by atoms with Crippen molar-refractivity contribution in [3.63, 3.8) is 0 Å². The minimum atomic E-state index is 0.373. The van der Waals surface area contributed by atoms with Crippen LogP contribution in [0, 0.1) is 0 Å². The number of nitrogens with zero attached hydrogens (tertiary/aromatic N) is 3. The standard InChI is InChI=1S/C14H19N3O2/c1-18-8-3-5-13-16-12-4-2-7-15-14(12)17(13)11-6-9-19-10-11/h2,4,7,11H,3,5-6,8-10H2,1H3. The van der Waals surface area contributed by atoms with E-state index in [-0.39, 0.29) is 0 Å². The Labute approximate surface area is 112 Å². The Morgan fingerprint density at radius 3 is 3.26 bits per heavy atom. The molecule has 19 heavy (non-hydrogen) atoms. The van der Waals surface area contributed by atoms with Gasteiger partial charge in [0.1, 0.15) is 11.3 Å². The summed E-state index contributed by atoms with van der Waals surface area (Å²) in [5.74, 6) is 1.10. The highest BCUT2D eigenvalue weighted by molar-refractivity contribution is 5.71. The van der Waals surface area contributed by atoms with Crippen molar-refractivity contribution < 1.29 is 9.47 Å². The van der Waals surface area contributed by atoms with E-state index in [1.165, 1.54) is 0 Å². The maximum atomic E-state index is 5.51.